The van der Waals surface area contributed by atoms with Crippen LogP contribution in [0, 0.1) is 0 Å². The minimum atomic E-state index is 0.680. The maximum absolute atomic E-state index is 5.37. The van der Waals surface area contributed by atoms with Crippen LogP contribution in [-0.4, -0.2) is 4.98 Å². The molecule has 0 saturated heterocycles. The van der Waals surface area contributed by atoms with E-state index in [1.807, 2.05) is 0 Å². The van der Waals surface area contributed by atoms with Gasteiger partial charge in [-0.05, 0) is 12.1 Å². The molecule has 0 bridgehead atoms. The van der Waals surface area contributed by atoms with E-state index in [4.69, 9.17) is 17.6 Å². The summed E-state index contributed by atoms with van der Waals surface area (Å²) in [7, 11) is 0. The average molecular weight is 144 g/mol. The zero-order chi connectivity index (χ0) is 6.69. The molecule has 4 heteroatoms. The van der Waals surface area contributed by atoms with Crippen molar-refractivity contribution in [2.24, 2.45) is 5.84 Å². The predicted molar refractivity (Wildman–Crippen MR) is 36.8 cm³/mol. The Morgan fingerprint density at radius 3 is 2.78 bits per heavy atom. The van der Waals surface area contributed by atoms with E-state index >= 15 is 0 Å². The lowest BCUT2D eigenvalue weighted by atomic mass is 10.4. The first-order valence-electron chi connectivity index (χ1n) is 2.41. The van der Waals surface area contributed by atoms with Crippen LogP contribution in [0.5, 0.6) is 0 Å². The largest absolute Gasteiger partial charge is 0.262 e. The van der Waals surface area contributed by atoms with Crippen LogP contribution in [0.25, 0.3) is 0 Å². The van der Waals surface area contributed by atoms with Crippen LogP contribution in [0.3, 0.4) is 0 Å². The molecule has 0 saturated carbocycles. The molecule has 1 aromatic heterocycles. The average Bonchev–Trinajstić information content (AvgIpc) is 1.90. The zero-order valence-corrected chi connectivity index (χ0v) is 5.42. The van der Waals surface area contributed by atoms with Crippen molar-refractivity contribution in [1.29, 1.82) is 0 Å². The molecule has 1 heterocycles. The highest BCUT2D eigenvalue weighted by Crippen LogP contribution is 2.07. The van der Waals surface area contributed by atoms with Crippen LogP contribution < -0.4 is 10.4 Å². The van der Waals surface area contributed by atoms with Crippen molar-refractivity contribution < 1.29 is 0 Å². The van der Waals surface area contributed by atoms with Gasteiger partial charge in [0.25, 0.3) is 0 Å². The molecule has 0 unspecified atom stereocenters. The van der Waals surface area contributed by atoms with E-state index in [2.05, 4.69) is 4.98 Å². The first-order valence-corrected chi connectivity index (χ1v) is 2.75. The summed E-state index contributed by atoms with van der Waals surface area (Å²) in [6.07, 6.45) is 3.23. The number of rotatable bonds is 1. The molecule has 2 N–H and O–H groups in total. The number of pyridine rings is 1. The molecule has 0 amide bonds. The number of nitrogens with zero attached hydrogens (tertiary/aromatic N) is 2. The number of hydrazine groups is 1. The Balaban J connectivity index is 2.85. The van der Waals surface area contributed by atoms with E-state index in [1.54, 1.807) is 24.5 Å². The van der Waals surface area contributed by atoms with Gasteiger partial charge in [0.05, 0.1) is 11.9 Å². The standard InChI is InChI=1S/C5H6ClN3/c6-9(7)5-2-1-3-8-4-5/h1-4H,7H2. The third-order valence-corrected chi connectivity index (χ3v) is 1.09. The molecular formula is C5H6ClN3. The van der Waals surface area contributed by atoms with Gasteiger partial charge in [0.1, 0.15) is 0 Å². The molecule has 1 rings (SSSR count). The molecule has 0 radical (unpaired) electrons. The van der Waals surface area contributed by atoms with Gasteiger partial charge in [0, 0.05) is 18.0 Å². The molecule has 0 fully saturated rings. The second kappa shape index (κ2) is 2.66. The normalized spacial score (nSPS) is 9.11. The van der Waals surface area contributed by atoms with Crippen LogP contribution in [0.4, 0.5) is 5.69 Å². The first-order chi connectivity index (χ1) is 4.30. The van der Waals surface area contributed by atoms with Crippen molar-refractivity contribution in [3.8, 4) is 0 Å². The van der Waals surface area contributed by atoms with Crippen LogP contribution >= 0.6 is 11.8 Å². The summed E-state index contributed by atoms with van der Waals surface area (Å²) in [5.74, 6) is 5.17. The molecule has 0 spiro atoms. The highest BCUT2D eigenvalue weighted by atomic mass is 35.5. The van der Waals surface area contributed by atoms with Crippen LogP contribution in [0.2, 0.25) is 0 Å². The molecular weight excluding hydrogens is 138 g/mol. The lowest BCUT2D eigenvalue weighted by molar-refractivity contribution is 1.16. The fraction of sp³-hybridized carbons (Fsp3) is 0. The summed E-state index contributed by atoms with van der Waals surface area (Å²) in [6.45, 7) is 0. The van der Waals surface area contributed by atoms with Crippen LogP contribution in [0.15, 0.2) is 24.5 Å². The fourth-order valence-electron chi connectivity index (χ4n) is 0.480. The van der Waals surface area contributed by atoms with E-state index in [-0.39, 0.29) is 0 Å². The van der Waals surface area contributed by atoms with Gasteiger partial charge in [-0.15, -0.1) is 0 Å². The molecule has 0 aromatic carbocycles. The highest BCUT2D eigenvalue weighted by molar-refractivity contribution is 6.24. The number of hydrogen-bond donors (Lipinski definition) is 1. The summed E-state index contributed by atoms with van der Waals surface area (Å²) in [6, 6.07) is 3.53. The molecule has 0 aliphatic rings. The summed E-state index contributed by atoms with van der Waals surface area (Å²) in [5, 5.41) is 0. The molecule has 1 aromatic rings. The molecule has 48 valence electrons. The Bertz CT molecular complexity index is 175. The Hall–Kier alpha value is -0.800. The Labute approximate surface area is 58.1 Å². The van der Waals surface area contributed by atoms with Gasteiger partial charge >= 0.3 is 0 Å². The second-order valence-electron chi connectivity index (χ2n) is 1.52. The van der Waals surface area contributed by atoms with Gasteiger partial charge in [-0.3, -0.25) is 4.98 Å². The second-order valence-corrected chi connectivity index (χ2v) is 1.89. The van der Waals surface area contributed by atoms with E-state index < -0.39 is 0 Å². The Morgan fingerprint density at radius 1 is 1.67 bits per heavy atom. The van der Waals surface area contributed by atoms with Crippen molar-refractivity contribution in [3.05, 3.63) is 24.5 Å². The Morgan fingerprint density at radius 2 is 2.44 bits per heavy atom. The van der Waals surface area contributed by atoms with Crippen LogP contribution in [-0.2, 0) is 0 Å². The maximum Gasteiger partial charge on any atom is 0.0886 e. The number of aromatic nitrogens is 1. The minimum absolute atomic E-state index is 0.680. The number of hydrogen-bond acceptors (Lipinski definition) is 3. The van der Waals surface area contributed by atoms with Gasteiger partial charge < -0.3 is 0 Å². The molecule has 0 aliphatic carbocycles. The summed E-state index contributed by atoms with van der Waals surface area (Å²) >= 11 is 5.37. The SMILES string of the molecule is NN(Cl)c1cccnc1. The third-order valence-electron chi connectivity index (χ3n) is 0.893. The summed E-state index contributed by atoms with van der Waals surface area (Å²) in [4.78, 5) is 3.80. The number of halogens is 1. The Kier molecular flexibility index (Phi) is 1.87. The van der Waals surface area contributed by atoms with Gasteiger partial charge in [0.2, 0.25) is 0 Å². The highest BCUT2D eigenvalue weighted by Gasteiger charge is 1.92. The molecule has 0 aliphatic heterocycles. The first kappa shape index (κ1) is 6.32. The summed E-state index contributed by atoms with van der Waals surface area (Å²) < 4.78 is 0.993. The van der Waals surface area contributed by atoms with Gasteiger partial charge in [0.15, 0.2) is 0 Å². The topological polar surface area (TPSA) is 42.1 Å². The van der Waals surface area contributed by atoms with Crippen molar-refractivity contribution >= 4 is 17.5 Å². The summed E-state index contributed by atoms with van der Waals surface area (Å²) in [5.41, 5.74) is 0.680. The van der Waals surface area contributed by atoms with E-state index in [0.717, 1.165) is 4.53 Å². The fourth-order valence-corrected chi connectivity index (χ4v) is 0.580. The van der Waals surface area contributed by atoms with Crippen molar-refractivity contribution in [2.75, 3.05) is 4.53 Å². The minimum Gasteiger partial charge on any atom is -0.262 e. The maximum atomic E-state index is 5.37. The lowest BCUT2D eigenvalue weighted by Crippen LogP contribution is -2.18. The quantitative estimate of drug-likeness (QED) is 0.361. The third kappa shape index (κ3) is 1.55. The van der Waals surface area contributed by atoms with Gasteiger partial charge in [-0.25, -0.2) is 10.4 Å². The monoisotopic (exact) mass is 143 g/mol. The van der Waals surface area contributed by atoms with E-state index in [1.165, 1.54) is 0 Å². The van der Waals surface area contributed by atoms with Crippen molar-refractivity contribution in [3.63, 3.8) is 0 Å². The van der Waals surface area contributed by atoms with Gasteiger partial charge in [-0.2, -0.15) is 0 Å². The molecule has 9 heavy (non-hydrogen) atoms. The number of anilines is 1. The zero-order valence-electron chi connectivity index (χ0n) is 4.66. The smallest absolute Gasteiger partial charge is 0.0886 e. The molecule has 0 atom stereocenters. The van der Waals surface area contributed by atoms with E-state index in [0.29, 0.717) is 5.69 Å². The predicted octanol–water partition coefficient (Wildman–Crippen LogP) is 0.915. The van der Waals surface area contributed by atoms with Crippen molar-refractivity contribution in [1.82, 2.24) is 4.98 Å². The molecule has 3 nitrogen and oxygen atoms in total. The van der Waals surface area contributed by atoms with Gasteiger partial charge in [-0.1, -0.05) is 0 Å². The van der Waals surface area contributed by atoms with E-state index in [9.17, 15) is 0 Å². The van der Waals surface area contributed by atoms with Crippen LogP contribution in [0.1, 0.15) is 0 Å². The number of nitrogens with two attached hydrogens (primary N) is 1. The lowest BCUT2D eigenvalue weighted by Gasteiger charge is -2.05. The van der Waals surface area contributed by atoms with Crippen molar-refractivity contribution in [2.45, 2.75) is 0 Å².